The van der Waals surface area contributed by atoms with Crippen LogP contribution < -0.4 is 20.0 Å². The van der Waals surface area contributed by atoms with Crippen LogP contribution in [0.2, 0.25) is 0 Å². The molecule has 0 heterocycles. The van der Waals surface area contributed by atoms with E-state index in [0.29, 0.717) is 0 Å². The molecule has 5 heteroatoms. The highest BCUT2D eigenvalue weighted by Crippen LogP contribution is 2.43. The van der Waals surface area contributed by atoms with Crippen LogP contribution in [0.25, 0.3) is 65.3 Å². The third-order valence-electron chi connectivity index (χ3n) is 16.8. The van der Waals surface area contributed by atoms with Gasteiger partial charge < -0.3 is 20.0 Å². The van der Waals surface area contributed by atoms with Gasteiger partial charge in [-0.3, -0.25) is 0 Å². The maximum absolute atomic E-state index is 3.51. The van der Waals surface area contributed by atoms with E-state index in [9.17, 15) is 0 Å². The summed E-state index contributed by atoms with van der Waals surface area (Å²) in [5.74, 6) is 0. The van der Waals surface area contributed by atoms with Crippen LogP contribution in [-0.4, -0.2) is 0 Å². The minimum Gasteiger partial charge on any atom is -0.355 e. The number of hydrogen-bond donors (Lipinski definition) is 1. The molecule has 0 spiro atoms. The lowest BCUT2D eigenvalue weighted by molar-refractivity contribution is 1.29. The molecule has 0 aliphatic carbocycles. The van der Waals surface area contributed by atoms with Crippen molar-refractivity contribution in [2.45, 2.75) is 13.8 Å². The molecular weight excluding hydrogens is 1220 g/mol. The van der Waals surface area contributed by atoms with Gasteiger partial charge in [0.25, 0.3) is 0 Å². The highest BCUT2D eigenvalue weighted by molar-refractivity contribution is 9.10. The van der Waals surface area contributed by atoms with E-state index >= 15 is 0 Å². The molecule has 16 aromatic carbocycles. The smallest absolute Gasteiger partial charge is 0.0540 e. The van der Waals surface area contributed by atoms with E-state index in [2.05, 4.69) is 406 Å². The first-order valence-electron chi connectivity index (χ1n) is 32.4. The van der Waals surface area contributed by atoms with Crippen molar-refractivity contribution in [3.05, 3.63) is 393 Å². The maximum atomic E-state index is 3.51. The second-order valence-electron chi connectivity index (χ2n) is 22.7. The van der Waals surface area contributed by atoms with Crippen LogP contribution in [0.5, 0.6) is 0 Å². The van der Waals surface area contributed by atoms with E-state index in [4.69, 9.17) is 0 Å². The van der Waals surface area contributed by atoms with Gasteiger partial charge in [0.05, 0.1) is 17.1 Å². The van der Waals surface area contributed by atoms with Crippen LogP contribution in [0.4, 0.5) is 62.6 Å². The van der Waals surface area contributed by atoms with E-state index in [0.717, 1.165) is 61.3 Å². The Bertz CT molecular complexity index is 4920. The van der Waals surface area contributed by atoms with Gasteiger partial charge in [-0.25, -0.2) is 0 Å². The van der Waals surface area contributed by atoms with Crippen molar-refractivity contribution >= 4 is 122 Å². The highest BCUT2D eigenvalue weighted by Gasteiger charge is 2.19. The minimum absolute atomic E-state index is 1.09. The lowest BCUT2D eigenvalue weighted by Gasteiger charge is -2.27. The van der Waals surface area contributed by atoms with Crippen molar-refractivity contribution in [3.63, 3.8) is 0 Å². The van der Waals surface area contributed by atoms with Crippen molar-refractivity contribution in [1.29, 1.82) is 0 Å². The maximum Gasteiger partial charge on any atom is 0.0540 e. The Hall–Kier alpha value is -11.8. The normalized spacial score (nSPS) is 10.7. The van der Waals surface area contributed by atoms with Gasteiger partial charge in [0.15, 0.2) is 0 Å². The Morgan fingerprint density at radius 3 is 0.789 bits per heavy atom. The molecule has 0 fully saturated rings. The van der Waals surface area contributed by atoms with Crippen LogP contribution in [0.1, 0.15) is 13.8 Å². The number of para-hydroxylation sites is 4. The predicted octanol–water partition coefficient (Wildman–Crippen LogP) is 26.9. The topological polar surface area (TPSA) is 21.8 Å². The van der Waals surface area contributed by atoms with Gasteiger partial charge in [-0.1, -0.05) is 297 Å². The zero-order valence-corrected chi connectivity index (χ0v) is 54.8. The minimum atomic E-state index is 1.09. The van der Waals surface area contributed by atoms with Gasteiger partial charge in [-0.15, -0.1) is 0 Å². The summed E-state index contributed by atoms with van der Waals surface area (Å²) in [5, 5.41) is 13.3. The number of hydrogen-bond acceptors (Lipinski definition) is 4. The summed E-state index contributed by atoms with van der Waals surface area (Å²) in [6.07, 6.45) is 0. The highest BCUT2D eigenvalue weighted by atomic mass is 79.9. The summed E-state index contributed by atoms with van der Waals surface area (Å²) in [6.45, 7) is 4.00. The Balaban J connectivity index is 0.000000142. The van der Waals surface area contributed by atoms with Crippen LogP contribution in [0, 0.1) is 0 Å². The molecule has 4 nitrogen and oxygen atoms in total. The molecule has 0 atom stereocenters. The zero-order chi connectivity index (χ0) is 64.6. The van der Waals surface area contributed by atoms with Crippen molar-refractivity contribution in [2.75, 3.05) is 20.0 Å². The SMILES string of the molecule is Brc1ccc(-c2ccc(N(c3ccccc3)c3cccc4ccccc34)cc2)cc1.CC.c1ccc(N(c2ccc(-c3ccc(N(c4ccccc4)c4cccc5ccccc45)cc3)cc2)c2cccc3ccccc23)cc1.c1ccc(Nc2cccc3ccccc23)cc1. The summed E-state index contributed by atoms with van der Waals surface area (Å²) < 4.78 is 1.09. The lowest BCUT2D eigenvalue weighted by atomic mass is 10.0. The number of rotatable bonds is 13. The van der Waals surface area contributed by atoms with Gasteiger partial charge in [0, 0.05) is 71.5 Å². The van der Waals surface area contributed by atoms with Gasteiger partial charge in [0.1, 0.15) is 0 Å². The molecule has 0 aliphatic heterocycles. The second-order valence-corrected chi connectivity index (χ2v) is 23.6. The first-order chi connectivity index (χ1) is 47.1. The van der Waals surface area contributed by atoms with Crippen LogP contribution >= 0.6 is 15.9 Å². The van der Waals surface area contributed by atoms with Crippen molar-refractivity contribution in [2.24, 2.45) is 0 Å². The second kappa shape index (κ2) is 30.1. The molecule has 16 rings (SSSR count). The third-order valence-corrected chi connectivity index (χ3v) is 17.3. The Morgan fingerprint density at radius 2 is 0.453 bits per heavy atom. The third kappa shape index (κ3) is 14.3. The van der Waals surface area contributed by atoms with Crippen LogP contribution in [0.15, 0.2) is 393 Å². The molecule has 0 bridgehead atoms. The monoisotopic (exact) mass is 1290 g/mol. The average molecular weight is 1290 g/mol. The number of anilines is 11. The zero-order valence-electron chi connectivity index (χ0n) is 53.2. The summed E-state index contributed by atoms with van der Waals surface area (Å²) >= 11 is 3.51. The quantitative estimate of drug-likeness (QED) is 0.124. The van der Waals surface area contributed by atoms with Crippen molar-refractivity contribution in [3.8, 4) is 22.3 Å². The molecule has 0 amide bonds. The molecule has 458 valence electrons. The first kappa shape index (κ1) is 62.1. The summed E-state index contributed by atoms with van der Waals surface area (Å²) in [7, 11) is 0. The molecule has 0 unspecified atom stereocenters. The predicted molar refractivity (Wildman–Crippen MR) is 413 cm³/mol. The number of benzene rings is 16. The Labute approximate surface area is 566 Å². The number of nitrogens with zero attached hydrogens (tertiary/aromatic N) is 3. The van der Waals surface area contributed by atoms with Crippen molar-refractivity contribution < 1.29 is 0 Å². The van der Waals surface area contributed by atoms with Gasteiger partial charge in [-0.2, -0.15) is 0 Å². The molecule has 95 heavy (non-hydrogen) atoms. The average Bonchev–Trinajstić information content (AvgIpc) is 0.833. The number of halogens is 1. The lowest BCUT2D eigenvalue weighted by Crippen LogP contribution is -2.10. The van der Waals surface area contributed by atoms with Gasteiger partial charge in [0.2, 0.25) is 0 Å². The van der Waals surface area contributed by atoms with Gasteiger partial charge >= 0.3 is 0 Å². The van der Waals surface area contributed by atoms with E-state index in [1.165, 1.54) is 71.0 Å². The fraction of sp³-hybridized carbons (Fsp3) is 0.0222. The Morgan fingerprint density at radius 1 is 0.211 bits per heavy atom. The van der Waals surface area contributed by atoms with Crippen LogP contribution in [-0.2, 0) is 0 Å². The number of fused-ring (bicyclic) bond motifs is 4. The fourth-order valence-corrected chi connectivity index (χ4v) is 12.5. The van der Waals surface area contributed by atoms with E-state index in [-0.39, 0.29) is 0 Å². The van der Waals surface area contributed by atoms with Crippen LogP contribution in [0.3, 0.4) is 0 Å². The number of nitrogens with one attached hydrogen (secondary N) is 1. The van der Waals surface area contributed by atoms with E-state index in [1.54, 1.807) is 0 Å². The summed E-state index contributed by atoms with van der Waals surface area (Å²) in [6, 6.07) is 137. The van der Waals surface area contributed by atoms with E-state index in [1.807, 2.05) is 32.0 Å². The molecule has 0 aliphatic rings. The molecule has 0 aromatic heterocycles. The summed E-state index contributed by atoms with van der Waals surface area (Å²) in [4.78, 5) is 7.02. The largest absolute Gasteiger partial charge is 0.355 e. The summed E-state index contributed by atoms with van der Waals surface area (Å²) in [5.41, 5.74) is 17.3. The molecule has 0 radical (unpaired) electrons. The standard InChI is InChI=1S/C44H32N2.C28H20BrN.C16H13N.C2H6/c1-3-17-37(18-4-1)45(43-23-11-15-35-13-7-9-21-41(35)43)39-29-25-33(26-30-39)34-27-31-40(32-28-34)46(38-19-5-2-6-20-38)44-24-12-16-36-14-8-10-22-42(36)44;29-24-17-13-21(14-18-24)22-15-19-26(20-16-22)30(25-9-2-1-3-10-25)28-12-6-8-23-7-4-5-11-27(23)28;1-2-9-14(10-3-1)17-16-12-6-8-13-7-4-5-11-15(13)16;1-2/h1-32H;1-20H;1-12,17H;1-2H3. The molecule has 0 saturated carbocycles. The molecule has 16 aromatic rings. The Kier molecular flexibility index (Phi) is 19.7. The fourth-order valence-electron chi connectivity index (χ4n) is 12.3. The molecular formula is C90H71BrN4. The van der Waals surface area contributed by atoms with E-state index < -0.39 is 0 Å². The van der Waals surface area contributed by atoms with Gasteiger partial charge in [-0.05, 0) is 165 Å². The first-order valence-corrected chi connectivity index (χ1v) is 33.2. The molecule has 1 N–H and O–H groups in total. The van der Waals surface area contributed by atoms with Crippen molar-refractivity contribution in [1.82, 2.24) is 0 Å². The molecule has 0 saturated heterocycles.